The Labute approximate surface area is 79.2 Å². The molecule has 0 saturated heterocycles. The Kier molecular flexibility index (Phi) is 3.48. The van der Waals surface area contributed by atoms with Crippen LogP contribution in [0.4, 0.5) is 4.79 Å². The van der Waals surface area contributed by atoms with Crippen molar-refractivity contribution in [2.24, 2.45) is 5.73 Å². The molecule has 0 heterocycles. The number of nitriles is 1. The minimum absolute atomic E-state index is 0.854. The average Bonchev–Trinajstić information content (AvgIpc) is 1.86. The van der Waals surface area contributed by atoms with Crippen LogP contribution in [0, 0.1) is 11.3 Å². The SMILES string of the molecule is N#CC(Br)(Br)C(=O)NC(N)=O. The van der Waals surface area contributed by atoms with Crippen LogP contribution >= 0.6 is 31.9 Å². The van der Waals surface area contributed by atoms with Crippen molar-refractivity contribution in [3.63, 3.8) is 0 Å². The molecule has 0 aromatic rings. The molecule has 0 radical (unpaired) electrons. The number of nitrogens with two attached hydrogens (primary N) is 1. The number of rotatable bonds is 1. The van der Waals surface area contributed by atoms with E-state index in [4.69, 9.17) is 5.26 Å². The zero-order chi connectivity index (χ0) is 9.07. The molecule has 0 aromatic carbocycles. The lowest BCUT2D eigenvalue weighted by atomic mass is 10.4. The lowest BCUT2D eigenvalue weighted by Gasteiger charge is -2.07. The van der Waals surface area contributed by atoms with Gasteiger partial charge in [0.05, 0.1) is 0 Å². The summed E-state index contributed by atoms with van der Waals surface area (Å²) in [4.78, 5) is 20.9. The maximum Gasteiger partial charge on any atom is 0.318 e. The monoisotopic (exact) mass is 283 g/mol. The van der Waals surface area contributed by atoms with Gasteiger partial charge in [0, 0.05) is 0 Å². The van der Waals surface area contributed by atoms with E-state index in [-0.39, 0.29) is 0 Å². The fourth-order valence-corrected chi connectivity index (χ4v) is 0.439. The van der Waals surface area contributed by atoms with Crippen molar-refractivity contribution >= 4 is 43.8 Å². The number of hydrogen-bond acceptors (Lipinski definition) is 3. The molecule has 11 heavy (non-hydrogen) atoms. The molecule has 0 saturated carbocycles. The number of carbonyl (C=O) groups is 2. The first-order chi connectivity index (χ1) is 4.90. The summed E-state index contributed by atoms with van der Waals surface area (Å²) in [6, 6.07) is 0.554. The van der Waals surface area contributed by atoms with Crippen molar-refractivity contribution in [1.29, 1.82) is 5.26 Å². The van der Waals surface area contributed by atoms with Gasteiger partial charge in [-0.2, -0.15) is 5.26 Å². The average molecular weight is 285 g/mol. The number of amides is 3. The summed E-state index contributed by atoms with van der Waals surface area (Å²) in [6.45, 7) is 0. The molecule has 3 amide bonds. The molecular weight excluding hydrogens is 282 g/mol. The summed E-state index contributed by atoms with van der Waals surface area (Å²) in [5.41, 5.74) is 4.62. The van der Waals surface area contributed by atoms with E-state index in [1.54, 1.807) is 11.4 Å². The smallest absolute Gasteiger partial charge is 0.318 e. The van der Waals surface area contributed by atoms with Crippen molar-refractivity contribution in [3.05, 3.63) is 0 Å². The molecule has 5 nitrogen and oxygen atoms in total. The van der Waals surface area contributed by atoms with E-state index in [1.165, 1.54) is 0 Å². The van der Waals surface area contributed by atoms with Gasteiger partial charge in [-0.3, -0.25) is 10.1 Å². The number of urea groups is 1. The maximum atomic E-state index is 10.8. The Hall–Kier alpha value is -0.610. The highest BCUT2D eigenvalue weighted by Gasteiger charge is 2.32. The molecule has 0 fully saturated rings. The molecule has 7 heteroatoms. The Morgan fingerprint density at radius 3 is 2.27 bits per heavy atom. The summed E-state index contributed by atoms with van der Waals surface area (Å²) in [5, 5.41) is 10.0. The summed E-state index contributed by atoms with van der Waals surface area (Å²) in [6.07, 6.45) is 0. The van der Waals surface area contributed by atoms with Crippen molar-refractivity contribution in [1.82, 2.24) is 5.32 Å². The van der Waals surface area contributed by atoms with Gasteiger partial charge < -0.3 is 5.73 Å². The van der Waals surface area contributed by atoms with Gasteiger partial charge in [-0.05, 0) is 31.9 Å². The van der Waals surface area contributed by atoms with Gasteiger partial charge in [-0.15, -0.1) is 0 Å². The van der Waals surface area contributed by atoms with Gasteiger partial charge in [0.25, 0.3) is 5.91 Å². The largest absolute Gasteiger partial charge is 0.351 e. The minimum Gasteiger partial charge on any atom is -0.351 e. The third-order valence-electron chi connectivity index (χ3n) is 0.662. The normalized spacial score (nSPS) is 9.91. The third-order valence-corrected chi connectivity index (χ3v) is 1.74. The predicted molar refractivity (Wildman–Crippen MR) is 43.9 cm³/mol. The predicted octanol–water partition coefficient (Wildman–Crippen LogP) is 0.191. The van der Waals surface area contributed by atoms with Gasteiger partial charge in [-0.25, -0.2) is 4.79 Å². The van der Waals surface area contributed by atoms with E-state index in [2.05, 4.69) is 37.6 Å². The molecule has 0 aliphatic carbocycles. The second-order valence-electron chi connectivity index (χ2n) is 1.50. The standard InChI is InChI=1S/C4H3Br2N3O2/c5-4(6,1-7)2(10)9-3(8)11/h(H3,8,9,10,11). The van der Waals surface area contributed by atoms with Crippen molar-refractivity contribution in [2.45, 2.75) is 3.23 Å². The van der Waals surface area contributed by atoms with Crippen LogP contribution in [0.2, 0.25) is 0 Å². The lowest BCUT2D eigenvalue weighted by Crippen LogP contribution is -2.43. The summed E-state index contributed by atoms with van der Waals surface area (Å²) < 4.78 is -1.59. The molecular formula is C4H3Br2N3O2. The van der Waals surface area contributed by atoms with E-state index in [1.807, 2.05) is 0 Å². The number of nitrogens with one attached hydrogen (secondary N) is 1. The first kappa shape index (κ1) is 10.4. The molecule has 0 rings (SSSR count). The van der Waals surface area contributed by atoms with E-state index < -0.39 is 15.2 Å². The zero-order valence-electron chi connectivity index (χ0n) is 5.10. The summed E-state index contributed by atoms with van der Waals surface area (Å²) in [7, 11) is 0. The van der Waals surface area contributed by atoms with Crippen LogP contribution in [-0.4, -0.2) is 15.2 Å². The molecule has 60 valence electrons. The highest BCUT2D eigenvalue weighted by molar-refractivity contribution is 9.26. The van der Waals surface area contributed by atoms with Gasteiger partial charge in [0.15, 0.2) is 0 Å². The van der Waals surface area contributed by atoms with Crippen LogP contribution in [0.25, 0.3) is 0 Å². The zero-order valence-corrected chi connectivity index (χ0v) is 8.27. The fourth-order valence-electron chi connectivity index (χ4n) is 0.241. The Balaban J connectivity index is 4.28. The molecule has 0 unspecified atom stereocenters. The van der Waals surface area contributed by atoms with Crippen LogP contribution in [0.15, 0.2) is 0 Å². The number of carbonyl (C=O) groups excluding carboxylic acids is 2. The molecule has 0 atom stereocenters. The lowest BCUT2D eigenvalue weighted by molar-refractivity contribution is -0.118. The summed E-state index contributed by atoms with van der Waals surface area (Å²) in [5.74, 6) is -0.854. The van der Waals surface area contributed by atoms with Gasteiger partial charge in [-0.1, -0.05) is 0 Å². The van der Waals surface area contributed by atoms with Crippen LogP contribution < -0.4 is 11.1 Å². The van der Waals surface area contributed by atoms with E-state index in [0.717, 1.165) is 0 Å². The maximum absolute atomic E-state index is 10.8. The minimum atomic E-state index is -1.59. The number of nitrogens with zero attached hydrogens (tertiary/aromatic N) is 1. The number of imide groups is 1. The number of hydrogen-bond donors (Lipinski definition) is 2. The van der Waals surface area contributed by atoms with Crippen molar-refractivity contribution in [3.8, 4) is 6.07 Å². The molecule has 0 bridgehead atoms. The number of halogens is 2. The van der Waals surface area contributed by atoms with Crippen LogP contribution in [0.1, 0.15) is 0 Å². The highest BCUT2D eigenvalue weighted by atomic mass is 79.9. The molecule has 0 spiro atoms. The van der Waals surface area contributed by atoms with Gasteiger partial charge >= 0.3 is 6.03 Å². The second-order valence-corrected chi connectivity index (χ2v) is 4.95. The Morgan fingerprint density at radius 1 is 1.55 bits per heavy atom. The quantitative estimate of drug-likeness (QED) is 0.673. The van der Waals surface area contributed by atoms with Crippen LogP contribution in [-0.2, 0) is 4.79 Å². The first-order valence-corrected chi connectivity index (χ1v) is 3.88. The Morgan fingerprint density at radius 2 is 2.00 bits per heavy atom. The fraction of sp³-hybridized carbons (Fsp3) is 0.250. The van der Waals surface area contributed by atoms with Crippen LogP contribution in [0.5, 0.6) is 0 Å². The molecule has 0 aliphatic heterocycles. The second kappa shape index (κ2) is 3.69. The van der Waals surface area contributed by atoms with E-state index >= 15 is 0 Å². The molecule has 3 N–H and O–H groups in total. The molecule has 0 aromatic heterocycles. The van der Waals surface area contributed by atoms with E-state index in [9.17, 15) is 9.59 Å². The highest BCUT2D eigenvalue weighted by Crippen LogP contribution is 2.24. The van der Waals surface area contributed by atoms with Gasteiger partial charge in [0.2, 0.25) is 3.23 Å². The van der Waals surface area contributed by atoms with E-state index in [0.29, 0.717) is 0 Å². The van der Waals surface area contributed by atoms with Crippen molar-refractivity contribution in [2.75, 3.05) is 0 Å². The number of primary amides is 1. The van der Waals surface area contributed by atoms with Crippen LogP contribution in [0.3, 0.4) is 0 Å². The third kappa shape index (κ3) is 3.34. The Bertz CT molecular complexity index is 232. The molecule has 0 aliphatic rings. The van der Waals surface area contributed by atoms with Gasteiger partial charge in [0.1, 0.15) is 6.07 Å². The van der Waals surface area contributed by atoms with Crippen molar-refractivity contribution < 1.29 is 9.59 Å². The number of alkyl halides is 2. The summed E-state index contributed by atoms with van der Waals surface area (Å²) >= 11 is 5.42. The first-order valence-electron chi connectivity index (χ1n) is 2.30. The topological polar surface area (TPSA) is 96.0 Å².